The Morgan fingerprint density at radius 1 is 1.44 bits per heavy atom. The van der Waals surface area contributed by atoms with E-state index in [1.54, 1.807) is 0 Å². The molecule has 1 aliphatic rings. The molecule has 0 aromatic heterocycles. The van der Waals surface area contributed by atoms with Crippen LogP contribution in [0.5, 0.6) is 0 Å². The Balaban J connectivity index is 2.37. The highest BCUT2D eigenvalue weighted by Crippen LogP contribution is 2.36. The molecule has 1 N–H and O–H groups in total. The molecule has 0 spiro atoms. The smallest absolute Gasteiger partial charge is 0.329 e. The van der Waals surface area contributed by atoms with Gasteiger partial charge in [-0.2, -0.15) is 0 Å². The van der Waals surface area contributed by atoms with Crippen molar-refractivity contribution in [2.45, 2.75) is 39.2 Å². The van der Waals surface area contributed by atoms with Crippen LogP contribution in [0.2, 0.25) is 0 Å². The first kappa shape index (κ1) is 12.9. The van der Waals surface area contributed by atoms with E-state index < -0.39 is 11.5 Å². The number of carbonyl (C=O) groups is 1. The Morgan fingerprint density at radius 3 is 2.72 bits per heavy atom. The zero-order valence-corrected chi connectivity index (χ0v) is 11.3. The molecule has 0 saturated heterocycles. The maximum atomic E-state index is 11.7. The third-order valence-corrected chi connectivity index (χ3v) is 3.75. The Hall–Kier alpha value is -1.51. The van der Waals surface area contributed by atoms with Crippen molar-refractivity contribution in [3.05, 3.63) is 29.8 Å². The molecule has 98 valence electrons. The van der Waals surface area contributed by atoms with Gasteiger partial charge in [0.05, 0.1) is 0 Å². The van der Waals surface area contributed by atoms with Gasteiger partial charge in [0.15, 0.2) is 0 Å². The summed E-state index contributed by atoms with van der Waals surface area (Å²) in [7, 11) is 0. The number of aliphatic carboxylic acids is 1. The summed E-state index contributed by atoms with van der Waals surface area (Å²) in [4.78, 5) is 13.8. The lowest BCUT2D eigenvalue weighted by Gasteiger charge is -2.38. The van der Waals surface area contributed by atoms with Crippen LogP contribution in [-0.4, -0.2) is 23.2 Å². The number of nitrogens with zero attached hydrogens (tertiary/aromatic N) is 1. The van der Waals surface area contributed by atoms with Gasteiger partial charge in [-0.05, 0) is 37.3 Å². The van der Waals surface area contributed by atoms with Crippen LogP contribution >= 0.6 is 0 Å². The highest BCUT2D eigenvalue weighted by molar-refractivity contribution is 5.84. The van der Waals surface area contributed by atoms with Gasteiger partial charge in [0, 0.05) is 12.2 Å². The maximum Gasteiger partial charge on any atom is 0.329 e. The van der Waals surface area contributed by atoms with E-state index >= 15 is 0 Å². The molecule has 0 fully saturated rings. The van der Waals surface area contributed by atoms with Crippen molar-refractivity contribution < 1.29 is 9.90 Å². The quantitative estimate of drug-likeness (QED) is 0.889. The molecule has 0 amide bonds. The van der Waals surface area contributed by atoms with Crippen LogP contribution in [0.25, 0.3) is 0 Å². The molecule has 1 aromatic carbocycles. The van der Waals surface area contributed by atoms with E-state index in [9.17, 15) is 9.90 Å². The van der Waals surface area contributed by atoms with Gasteiger partial charge in [0.1, 0.15) is 5.54 Å². The second-order valence-electron chi connectivity index (χ2n) is 5.71. The molecule has 1 heterocycles. The topological polar surface area (TPSA) is 40.5 Å². The van der Waals surface area contributed by atoms with Gasteiger partial charge in [0.25, 0.3) is 0 Å². The summed E-state index contributed by atoms with van der Waals surface area (Å²) < 4.78 is 0. The number of para-hydroxylation sites is 1. The van der Waals surface area contributed by atoms with Crippen molar-refractivity contribution in [3.8, 4) is 0 Å². The Morgan fingerprint density at radius 2 is 2.11 bits per heavy atom. The molecule has 3 heteroatoms. The number of carboxylic acid groups (broad SMARTS) is 1. The number of benzene rings is 1. The fourth-order valence-electron chi connectivity index (χ4n) is 2.96. The van der Waals surface area contributed by atoms with Gasteiger partial charge >= 0.3 is 5.97 Å². The van der Waals surface area contributed by atoms with Crippen molar-refractivity contribution in [3.63, 3.8) is 0 Å². The standard InChI is InChI=1S/C15H21NO2/c1-11(2)10-15(3,14(17)18)16-9-8-12-6-4-5-7-13(12)16/h4-7,11H,8-10H2,1-3H3,(H,17,18). The summed E-state index contributed by atoms with van der Waals surface area (Å²) in [5.41, 5.74) is 1.54. The average Bonchev–Trinajstić information content (AvgIpc) is 2.71. The minimum atomic E-state index is -0.805. The van der Waals surface area contributed by atoms with E-state index in [2.05, 4.69) is 24.8 Å². The second-order valence-corrected chi connectivity index (χ2v) is 5.71. The SMILES string of the molecule is CC(C)CC(C)(C(=O)O)N1CCc2ccccc21. The molecule has 0 radical (unpaired) electrons. The lowest BCUT2D eigenvalue weighted by molar-refractivity contribution is -0.143. The average molecular weight is 247 g/mol. The molecule has 1 atom stereocenters. The van der Waals surface area contributed by atoms with E-state index in [0.29, 0.717) is 12.3 Å². The highest BCUT2D eigenvalue weighted by atomic mass is 16.4. The zero-order valence-electron chi connectivity index (χ0n) is 11.3. The molecule has 18 heavy (non-hydrogen) atoms. The second kappa shape index (κ2) is 4.63. The number of fused-ring (bicyclic) bond motifs is 1. The molecular weight excluding hydrogens is 226 g/mol. The predicted molar refractivity (Wildman–Crippen MR) is 73.0 cm³/mol. The fraction of sp³-hybridized carbons (Fsp3) is 0.533. The molecule has 0 aliphatic carbocycles. The van der Waals surface area contributed by atoms with Gasteiger partial charge in [-0.3, -0.25) is 0 Å². The largest absolute Gasteiger partial charge is 0.480 e. The van der Waals surface area contributed by atoms with Gasteiger partial charge in [-0.1, -0.05) is 32.0 Å². The molecule has 3 nitrogen and oxygen atoms in total. The Labute approximate surface area is 108 Å². The molecule has 1 unspecified atom stereocenters. The molecule has 1 aliphatic heterocycles. The van der Waals surface area contributed by atoms with Gasteiger partial charge < -0.3 is 10.0 Å². The number of hydrogen-bond acceptors (Lipinski definition) is 2. The minimum absolute atomic E-state index is 0.360. The van der Waals surface area contributed by atoms with Crippen LogP contribution in [0.15, 0.2) is 24.3 Å². The van der Waals surface area contributed by atoms with Crippen molar-refractivity contribution in [1.82, 2.24) is 0 Å². The summed E-state index contributed by atoms with van der Waals surface area (Å²) in [5, 5.41) is 9.63. The van der Waals surface area contributed by atoms with Gasteiger partial charge in [0.2, 0.25) is 0 Å². The van der Waals surface area contributed by atoms with Crippen LogP contribution in [-0.2, 0) is 11.2 Å². The maximum absolute atomic E-state index is 11.7. The molecule has 0 saturated carbocycles. The van der Waals surface area contributed by atoms with Crippen molar-refractivity contribution >= 4 is 11.7 Å². The summed E-state index contributed by atoms with van der Waals surface area (Å²) in [6, 6.07) is 8.12. The summed E-state index contributed by atoms with van der Waals surface area (Å²) >= 11 is 0. The first-order valence-electron chi connectivity index (χ1n) is 6.54. The van der Waals surface area contributed by atoms with Crippen LogP contribution < -0.4 is 4.90 Å². The van der Waals surface area contributed by atoms with E-state index in [0.717, 1.165) is 18.7 Å². The van der Waals surface area contributed by atoms with Gasteiger partial charge in [-0.15, -0.1) is 0 Å². The highest BCUT2D eigenvalue weighted by Gasteiger charge is 2.42. The van der Waals surface area contributed by atoms with Gasteiger partial charge in [-0.25, -0.2) is 4.79 Å². The molecule has 2 rings (SSSR count). The minimum Gasteiger partial charge on any atom is -0.480 e. The van der Waals surface area contributed by atoms with Crippen molar-refractivity contribution in [2.75, 3.05) is 11.4 Å². The molecule has 1 aromatic rings. The Bertz CT molecular complexity index is 456. The van der Waals surface area contributed by atoms with Crippen LogP contribution in [0, 0.1) is 5.92 Å². The summed E-state index contributed by atoms with van der Waals surface area (Å²) in [6.45, 7) is 6.79. The normalized spacial score (nSPS) is 17.7. The van der Waals surface area contributed by atoms with Crippen LogP contribution in [0.1, 0.15) is 32.8 Å². The number of carboxylic acids is 1. The fourth-order valence-corrected chi connectivity index (χ4v) is 2.96. The van der Waals surface area contributed by atoms with Crippen LogP contribution in [0.4, 0.5) is 5.69 Å². The third kappa shape index (κ3) is 2.09. The summed E-state index contributed by atoms with van der Waals surface area (Å²) in [6.07, 6.45) is 1.60. The van der Waals surface area contributed by atoms with Crippen molar-refractivity contribution in [1.29, 1.82) is 0 Å². The van der Waals surface area contributed by atoms with E-state index in [-0.39, 0.29) is 0 Å². The van der Waals surface area contributed by atoms with Crippen LogP contribution in [0.3, 0.4) is 0 Å². The zero-order chi connectivity index (χ0) is 13.3. The first-order valence-corrected chi connectivity index (χ1v) is 6.54. The number of rotatable bonds is 4. The Kier molecular flexibility index (Phi) is 3.33. The number of anilines is 1. The lowest BCUT2D eigenvalue weighted by Crippen LogP contribution is -2.53. The summed E-state index contributed by atoms with van der Waals surface area (Å²) in [5.74, 6) is -0.369. The first-order chi connectivity index (χ1) is 8.45. The monoisotopic (exact) mass is 247 g/mol. The predicted octanol–water partition coefficient (Wildman–Crippen LogP) is 2.94. The molecule has 0 bridgehead atoms. The lowest BCUT2D eigenvalue weighted by atomic mass is 9.89. The van der Waals surface area contributed by atoms with Crippen molar-refractivity contribution in [2.24, 2.45) is 5.92 Å². The van der Waals surface area contributed by atoms with E-state index in [4.69, 9.17) is 0 Å². The van der Waals surface area contributed by atoms with E-state index in [1.165, 1.54) is 5.56 Å². The third-order valence-electron chi connectivity index (χ3n) is 3.75. The molecular formula is C15H21NO2. The van der Waals surface area contributed by atoms with E-state index in [1.807, 2.05) is 25.1 Å². The number of hydrogen-bond donors (Lipinski definition) is 1.